The Bertz CT molecular complexity index is 185. The Kier molecular flexibility index (Phi) is 1.88. The Morgan fingerprint density at radius 1 is 1.00 bits per heavy atom. The van der Waals surface area contributed by atoms with Crippen molar-refractivity contribution >= 4 is 46.4 Å². The van der Waals surface area contributed by atoms with Gasteiger partial charge in [0.25, 0.3) is 0 Å². The lowest BCUT2D eigenvalue weighted by molar-refractivity contribution is 0.0223. The Hall–Kier alpha value is 0.760. The van der Waals surface area contributed by atoms with Gasteiger partial charge in [0.15, 0.2) is 0 Å². The molecule has 0 aromatic carbocycles. The van der Waals surface area contributed by atoms with E-state index in [-0.39, 0.29) is 0 Å². The Morgan fingerprint density at radius 2 is 1.40 bits per heavy atom. The minimum atomic E-state index is -3.41. The van der Waals surface area contributed by atoms with Gasteiger partial charge >= 0.3 is 5.92 Å². The molecule has 0 N–H and O–H groups in total. The average Bonchev–Trinajstić information content (AvgIpc) is 1.84. The van der Waals surface area contributed by atoms with Crippen molar-refractivity contribution in [2.75, 3.05) is 0 Å². The number of rotatable bonds is 0. The molecule has 0 aliphatic heterocycles. The Labute approximate surface area is 75.7 Å². The van der Waals surface area contributed by atoms with E-state index in [9.17, 15) is 8.78 Å². The van der Waals surface area contributed by atoms with Crippen LogP contribution in [0.15, 0.2) is 10.1 Å². The van der Waals surface area contributed by atoms with Gasteiger partial charge in [-0.1, -0.05) is 46.4 Å². The molecule has 0 aromatic heterocycles. The smallest absolute Gasteiger partial charge is 0.196 e. The minimum absolute atomic E-state index is 0.400. The molecule has 1 aliphatic rings. The molecule has 6 heteroatoms. The molecular weight excluding hydrogens is 228 g/mol. The van der Waals surface area contributed by atoms with Crippen LogP contribution in [-0.4, -0.2) is 10.3 Å². The number of hydrogen-bond donors (Lipinski definition) is 0. The maximum absolute atomic E-state index is 12.4. The highest BCUT2D eigenvalue weighted by Crippen LogP contribution is 2.61. The van der Waals surface area contributed by atoms with Crippen LogP contribution in [0.3, 0.4) is 0 Å². The first-order valence-electron chi connectivity index (χ1n) is 2.13. The highest BCUT2D eigenvalue weighted by atomic mass is 35.5. The van der Waals surface area contributed by atoms with E-state index in [1.807, 2.05) is 0 Å². The molecule has 0 nitrogen and oxygen atoms in total. The molecule has 0 saturated carbocycles. The van der Waals surface area contributed by atoms with Gasteiger partial charge in [-0.3, -0.25) is 0 Å². The fourth-order valence-corrected chi connectivity index (χ4v) is 1.58. The highest BCUT2D eigenvalue weighted by molar-refractivity contribution is 6.61. The van der Waals surface area contributed by atoms with Crippen molar-refractivity contribution in [1.82, 2.24) is 0 Å². The lowest BCUT2D eigenvalue weighted by atomic mass is 10.0. The van der Waals surface area contributed by atoms with Crippen LogP contribution < -0.4 is 0 Å². The molecule has 10 heavy (non-hydrogen) atoms. The topological polar surface area (TPSA) is 0 Å². The van der Waals surface area contributed by atoms with Crippen molar-refractivity contribution in [1.29, 1.82) is 0 Å². The van der Waals surface area contributed by atoms with Crippen LogP contribution in [0.25, 0.3) is 0 Å². The summed E-state index contributed by atoms with van der Waals surface area (Å²) >= 11 is 20.3. The summed E-state index contributed by atoms with van der Waals surface area (Å²) in [6.45, 7) is 0. The lowest BCUT2D eigenvalue weighted by Crippen LogP contribution is -2.48. The maximum Gasteiger partial charge on any atom is 0.322 e. The average molecular weight is 228 g/mol. The first kappa shape index (κ1) is 8.85. The molecule has 0 spiro atoms. The molecule has 1 rings (SSSR count). The molecule has 0 bridgehead atoms. The van der Waals surface area contributed by atoms with Gasteiger partial charge in [-0.05, 0) is 0 Å². The molecule has 0 atom stereocenters. The third-order valence-electron chi connectivity index (χ3n) is 1.14. The second-order valence-electron chi connectivity index (χ2n) is 1.78. The molecule has 0 radical (unpaired) electrons. The zero-order valence-corrected chi connectivity index (χ0v) is 7.29. The summed E-state index contributed by atoms with van der Waals surface area (Å²) in [4.78, 5) is 0. The summed E-state index contributed by atoms with van der Waals surface area (Å²) in [7, 11) is 0. The molecule has 58 valence electrons. The van der Waals surface area contributed by atoms with Gasteiger partial charge < -0.3 is 0 Å². The van der Waals surface area contributed by atoms with Gasteiger partial charge in [0.1, 0.15) is 5.03 Å². The molecule has 0 amide bonds. The molecule has 0 heterocycles. The third kappa shape index (κ3) is 0.795. The van der Waals surface area contributed by atoms with Gasteiger partial charge in [-0.2, -0.15) is 8.78 Å². The zero-order valence-electron chi connectivity index (χ0n) is 4.27. The summed E-state index contributed by atoms with van der Waals surface area (Å²) < 4.78 is 22.5. The van der Waals surface area contributed by atoms with E-state index in [4.69, 9.17) is 46.4 Å². The van der Waals surface area contributed by atoms with Crippen molar-refractivity contribution < 1.29 is 8.78 Å². The second-order valence-corrected chi connectivity index (χ2v) is 3.86. The quantitative estimate of drug-likeness (QED) is 0.556. The normalized spacial score (nSPS) is 28.2. The second kappa shape index (κ2) is 2.13. The van der Waals surface area contributed by atoms with E-state index >= 15 is 0 Å². The molecule has 0 saturated heterocycles. The standard InChI is InChI=1S/C4Cl4F2/c5-1-2(6)4(9,10)3(1,7)8. The van der Waals surface area contributed by atoms with Crippen molar-refractivity contribution in [3.63, 3.8) is 0 Å². The summed E-state index contributed by atoms with van der Waals surface area (Å²) in [5, 5.41) is -1.18. The van der Waals surface area contributed by atoms with Crippen molar-refractivity contribution in [3.8, 4) is 0 Å². The summed E-state index contributed by atoms with van der Waals surface area (Å²) in [5.74, 6) is -3.41. The number of hydrogen-bond acceptors (Lipinski definition) is 0. The molecule has 0 unspecified atom stereocenters. The van der Waals surface area contributed by atoms with Gasteiger partial charge in [-0.15, -0.1) is 0 Å². The van der Waals surface area contributed by atoms with E-state index < -0.39 is 20.3 Å². The fourth-order valence-electron chi connectivity index (χ4n) is 0.489. The van der Waals surface area contributed by atoms with E-state index in [0.29, 0.717) is 0 Å². The number of alkyl halides is 4. The van der Waals surface area contributed by atoms with Gasteiger partial charge in [-0.25, -0.2) is 0 Å². The maximum atomic E-state index is 12.4. The van der Waals surface area contributed by atoms with E-state index in [2.05, 4.69) is 0 Å². The van der Waals surface area contributed by atoms with E-state index in [1.54, 1.807) is 0 Å². The molecular formula is C4Cl4F2. The first-order chi connectivity index (χ1) is 4.32. The van der Waals surface area contributed by atoms with Gasteiger partial charge in [0.05, 0.1) is 5.03 Å². The number of halogens is 6. The molecule has 0 fully saturated rings. The van der Waals surface area contributed by atoms with Crippen LogP contribution in [0.4, 0.5) is 8.78 Å². The predicted octanol–water partition coefficient (Wildman–Crippen LogP) is 3.50. The molecule has 0 aromatic rings. The third-order valence-corrected chi connectivity index (χ3v) is 3.18. The minimum Gasteiger partial charge on any atom is -0.196 e. The van der Waals surface area contributed by atoms with Crippen LogP contribution in [0.1, 0.15) is 0 Å². The van der Waals surface area contributed by atoms with Crippen LogP contribution >= 0.6 is 46.4 Å². The van der Waals surface area contributed by atoms with Crippen molar-refractivity contribution in [3.05, 3.63) is 10.1 Å². The Balaban J connectivity index is 3.10. The molecule has 1 aliphatic carbocycles. The van der Waals surface area contributed by atoms with Crippen LogP contribution in [0.5, 0.6) is 0 Å². The van der Waals surface area contributed by atoms with Gasteiger partial charge in [0.2, 0.25) is 4.33 Å². The summed E-state index contributed by atoms with van der Waals surface area (Å²) in [6.07, 6.45) is 0. The van der Waals surface area contributed by atoms with E-state index in [0.717, 1.165) is 0 Å². The van der Waals surface area contributed by atoms with Crippen molar-refractivity contribution in [2.24, 2.45) is 0 Å². The fraction of sp³-hybridized carbons (Fsp3) is 0.500. The van der Waals surface area contributed by atoms with Crippen LogP contribution in [0.2, 0.25) is 0 Å². The monoisotopic (exact) mass is 226 g/mol. The first-order valence-corrected chi connectivity index (χ1v) is 3.65. The van der Waals surface area contributed by atoms with Crippen LogP contribution in [-0.2, 0) is 0 Å². The van der Waals surface area contributed by atoms with Gasteiger partial charge in [0, 0.05) is 0 Å². The number of allylic oxidation sites excluding steroid dienone is 2. The predicted molar refractivity (Wildman–Crippen MR) is 38.1 cm³/mol. The van der Waals surface area contributed by atoms with Crippen LogP contribution in [0, 0.1) is 0 Å². The largest absolute Gasteiger partial charge is 0.322 e. The Morgan fingerprint density at radius 3 is 1.50 bits per heavy atom. The van der Waals surface area contributed by atoms with E-state index in [1.165, 1.54) is 0 Å². The lowest BCUT2D eigenvalue weighted by Gasteiger charge is -2.38. The summed E-state index contributed by atoms with van der Waals surface area (Å²) in [6, 6.07) is 0. The SMILES string of the molecule is FC1(F)C(Cl)=C(Cl)C1(Cl)Cl. The highest BCUT2D eigenvalue weighted by Gasteiger charge is 2.66. The zero-order chi connectivity index (χ0) is 8.15. The summed E-state index contributed by atoms with van der Waals surface area (Å²) in [5.41, 5.74) is 0. The van der Waals surface area contributed by atoms with Crippen molar-refractivity contribution in [2.45, 2.75) is 10.3 Å².